The van der Waals surface area contributed by atoms with E-state index in [-0.39, 0.29) is 77.7 Å². The largest absolute Gasteiger partial charge is 0.504 e. The number of aliphatic imine (C=N–C) groups is 1. The molecule has 0 saturated carbocycles. The third-order valence-corrected chi connectivity index (χ3v) is 9.53. The number of hydrogen-bond acceptors (Lipinski definition) is 11. The van der Waals surface area contributed by atoms with Crippen molar-refractivity contribution in [2.45, 2.75) is 39.4 Å². The predicted molar refractivity (Wildman–Crippen MR) is 189 cm³/mol. The maximum absolute atomic E-state index is 14.3. The number of piperazine rings is 1. The van der Waals surface area contributed by atoms with E-state index in [9.17, 15) is 32.7 Å². The van der Waals surface area contributed by atoms with Gasteiger partial charge in [-0.25, -0.2) is 9.97 Å². The lowest BCUT2D eigenvalue weighted by Gasteiger charge is -2.36. The Balaban J connectivity index is 1.25. The number of aromatic nitrogens is 6. The molecule has 0 unspecified atom stereocenters. The molecule has 15 nitrogen and oxygen atoms in total. The first kappa shape index (κ1) is 35.6. The van der Waals surface area contributed by atoms with Crippen LogP contribution < -0.4 is 15.8 Å². The van der Waals surface area contributed by atoms with E-state index >= 15 is 0 Å². The maximum Gasteiger partial charge on any atom is 0.416 e. The lowest BCUT2D eigenvalue weighted by atomic mass is 10.1. The molecule has 6 heterocycles. The number of anilines is 2. The molecule has 4 aromatic rings. The summed E-state index contributed by atoms with van der Waals surface area (Å²) in [6.07, 6.45) is 3.24. The average molecular weight is 752 g/mol. The van der Waals surface area contributed by atoms with Crippen LogP contribution in [0.1, 0.15) is 46.6 Å². The van der Waals surface area contributed by atoms with E-state index in [1.807, 2.05) is 29.0 Å². The maximum atomic E-state index is 14.3. The number of carbonyl (C=O) groups excluding carboxylic acids is 2. The van der Waals surface area contributed by atoms with Crippen LogP contribution in [0.25, 0.3) is 11.4 Å². The predicted octanol–water partition coefficient (Wildman–Crippen LogP) is 3.55. The summed E-state index contributed by atoms with van der Waals surface area (Å²) >= 11 is 6.14. The fourth-order valence-corrected chi connectivity index (χ4v) is 6.74. The molecule has 19 heteroatoms. The van der Waals surface area contributed by atoms with Crippen molar-refractivity contribution >= 4 is 52.0 Å². The number of benzene rings is 1. The summed E-state index contributed by atoms with van der Waals surface area (Å²) in [4.78, 5) is 63.6. The van der Waals surface area contributed by atoms with Crippen LogP contribution in [0.2, 0.25) is 5.02 Å². The van der Waals surface area contributed by atoms with Gasteiger partial charge in [0.1, 0.15) is 24.4 Å². The fourth-order valence-electron chi connectivity index (χ4n) is 6.51. The number of nitrogens with one attached hydrogen (secondary N) is 1. The van der Waals surface area contributed by atoms with E-state index in [0.29, 0.717) is 11.3 Å². The summed E-state index contributed by atoms with van der Waals surface area (Å²) in [6.45, 7) is 5.29. The first-order valence-corrected chi connectivity index (χ1v) is 17.2. The molecular weight excluding hydrogens is 719 g/mol. The fraction of sp³-hybridized carbons (Fsp3) is 0.353. The Morgan fingerprint density at radius 1 is 1.08 bits per heavy atom. The standard InChI is InChI=1S/C34H33ClF3N11O4/c1-3-24-28(45-11-13-46(14-12-45)31(52)27-29(51)19(2)40-18-41-27)32(53)49-33(43-30(44-49)20-5-8-25-39-9-4-10-47(25)16-20)48(24)17-26(50)42-23-7-6-21(15-22(23)35)34(36,37)38/h5-8,15-16,18,51H,3-4,9-14,17H2,1-2H3,(H,42,50). The topological polar surface area (TPSA) is 166 Å². The molecule has 3 aliphatic heterocycles. The molecule has 1 fully saturated rings. The molecule has 3 aromatic heterocycles. The Labute approximate surface area is 304 Å². The lowest BCUT2D eigenvalue weighted by molar-refractivity contribution is -0.137. The molecule has 3 aliphatic rings. The average Bonchev–Trinajstić information content (AvgIpc) is 3.60. The molecule has 53 heavy (non-hydrogen) atoms. The van der Waals surface area contributed by atoms with Crippen LogP contribution in [-0.4, -0.2) is 101 Å². The van der Waals surface area contributed by atoms with E-state index in [0.717, 1.165) is 48.1 Å². The monoisotopic (exact) mass is 751 g/mol. The Morgan fingerprint density at radius 3 is 2.57 bits per heavy atom. The summed E-state index contributed by atoms with van der Waals surface area (Å²) in [5.74, 6) is -0.297. The molecule has 1 aromatic carbocycles. The van der Waals surface area contributed by atoms with E-state index in [1.165, 1.54) is 11.2 Å². The highest BCUT2D eigenvalue weighted by Gasteiger charge is 2.32. The van der Waals surface area contributed by atoms with Crippen molar-refractivity contribution in [3.8, 4) is 5.75 Å². The zero-order chi connectivity index (χ0) is 37.6. The smallest absolute Gasteiger partial charge is 0.416 e. The van der Waals surface area contributed by atoms with Gasteiger partial charge >= 0.3 is 6.18 Å². The first-order chi connectivity index (χ1) is 25.3. The second-order valence-corrected chi connectivity index (χ2v) is 13.0. The van der Waals surface area contributed by atoms with Crippen LogP contribution in [0.3, 0.4) is 0 Å². The minimum Gasteiger partial charge on any atom is -0.504 e. The Morgan fingerprint density at radius 2 is 1.85 bits per heavy atom. The third-order valence-electron chi connectivity index (χ3n) is 9.21. The minimum atomic E-state index is -4.62. The van der Waals surface area contributed by atoms with Crippen molar-refractivity contribution in [1.29, 1.82) is 0 Å². The highest BCUT2D eigenvalue weighted by atomic mass is 35.5. The van der Waals surface area contributed by atoms with Crippen LogP contribution in [0.4, 0.5) is 24.5 Å². The quantitative estimate of drug-likeness (QED) is 0.285. The van der Waals surface area contributed by atoms with Crippen molar-refractivity contribution in [3.05, 3.63) is 86.7 Å². The number of carbonyl (C=O) groups is 2. The van der Waals surface area contributed by atoms with Crippen LogP contribution in [0.15, 0.2) is 52.7 Å². The Bertz CT molecular complexity index is 2290. The number of aromatic hydroxyl groups is 1. The second-order valence-electron chi connectivity index (χ2n) is 12.6. The van der Waals surface area contributed by atoms with Crippen molar-refractivity contribution in [2.24, 2.45) is 4.99 Å². The molecule has 0 spiro atoms. The molecule has 0 bridgehead atoms. The SMILES string of the molecule is CCc1c(N2CCN(C(=O)c3ncnc(C)c3O)CC2)c(=O)n2nc(C3=CN4CCCN=C4C=C3)nc2n1CC(=O)Nc1ccc(C(F)(F)F)cc1Cl. The van der Waals surface area contributed by atoms with Gasteiger partial charge in [0.05, 0.1) is 27.7 Å². The number of nitrogens with zero attached hydrogens (tertiary/aromatic N) is 10. The number of amides is 2. The van der Waals surface area contributed by atoms with Gasteiger partial charge in [0.15, 0.2) is 17.3 Å². The Kier molecular flexibility index (Phi) is 9.39. The van der Waals surface area contributed by atoms with Crippen LogP contribution >= 0.6 is 11.6 Å². The number of aryl methyl sites for hydroxylation is 1. The highest BCUT2D eigenvalue weighted by Crippen LogP contribution is 2.34. The summed E-state index contributed by atoms with van der Waals surface area (Å²) in [5, 5.41) is 17.3. The van der Waals surface area contributed by atoms with Crippen molar-refractivity contribution in [1.82, 2.24) is 38.9 Å². The van der Waals surface area contributed by atoms with Gasteiger partial charge in [-0.3, -0.25) is 19.4 Å². The van der Waals surface area contributed by atoms with Gasteiger partial charge in [-0.05, 0) is 50.1 Å². The Hall–Kier alpha value is -5.78. The summed E-state index contributed by atoms with van der Waals surface area (Å²) in [7, 11) is 0. The zero-order valence-electron chi connectivity index (χ0n) is 28.6. The van der Waals surface area contributed by atoms with Crippen LogP contribution in [-0.2, 0) is 23.9 Å². The number of hydrogen-bond donors (Lipinski definition) is 2. The minimum absolute atomic E-state index is 0.0237. The van der Waals surface area contributed by atoms with E-state index in [2.05, 4.69) is 25.4 Å². The molecule has 1 saturated heterocycles. The van der Waals surface area contributed by atoms with Crippen LogP contribution in [0.5, 0.6) is 5.75 Å². The summed E-state index contributed by atoms with van der Waals surface area (Å²) < 4.78 is 42.4. The van der Waals surface area contributed by atoms with E-state index in [4.69, 9.17) is 16.6 Å². The van der Waals surface area contributed by atoms with Gasteiger partial charge in [0.25, 0.3) is 11.5 Å². The number of fused-ring (bicyclic) bond motifs is 2. The normalized spacial score (nSPS) is 16.1. The highest BCUT2D eigenvalue weighted by molar-refractivity contribution is 6.33. The molecule has 2 N–H and O–H groups in total. The van der Waals surface area contributed by atoms with Crippen molar-refractivity contribution in [3.63, 3.8) is 0 Å². The zero-order valence-corrected chi connectivity index (χ0v) is 29.3. The molecule has 276 valence electrons. The summed E-state index contributed by atoms with van der Waals surface area (Å²) in [5.41, 5.74) is 0.0111. The number of allylic oxidation sites excluding steroid dienone is 2. The molecule has 0 atom stereocenters. The number of alkyl halides is 3. The van der Waals surface area contributed by atoms with Gasteiger partial charge in [0, 0.05) is 51.0 Å². The number of amidine groups is 1. The summed E-state index contributed by atoms with van der Waals surface area (Å²) in [6, 6.07) is 2.63. The molecule has 0 radical (unpaired) electrons. The van der Waals surface area contributed by atoms with Gasteiger partial charge in [-0.15, -0.1) is 5.10 Å². The second kappa shape index (κ2) is 14.0. The van der Waals surface area contributed by atoms with Crippen molar-refractivity contribution < 1.29 is 27.9 Å². The van der Waals surface area contributed by atoms with Gasteiger partial charge in [-0.2, -0.15) is 22.7 Å². The number of rotatable bonds is 7. The first-order valence-electron chi connectivity index (χ1n) is 16.8. The molecule has 7 rings (SSSR count). The van der Waals surface area contributed by atoms with Crippen molar-refractivity contribution in [2.75, 3.05) is 49.5 Å². The molecule has 2 amide bonds. The third kappa shape index (κ3) is 6.81. The molecule has 0 aliphatic carbocycles. The lowest BCUT2D eigenvalue weighted by Crippen LogP contribution is -2.51. The van der Waals surface area contributed by atoms with Gasteiger partial charge in [0.2, 0.25) is 11.7 Å². The van der Waals surface area contributed by atoms with E-state index < -0.39 is 35.7 Å². The molecular formula is C34H33ClF3N11O4. The van der Waals surface area contributed by atoms with Crippen LogP contribution in [0, 0.1) is 6.92 Å². The van der Waals surface area contributed by atoms with Gasteiger partial charge in [-0.1, -0.05) is 18.5 Å². The number of halogens is 4. The van der Waals surface area contributed by atoms with Gasteiger partial charge < -0.3 is 29.7 Å². The van der Waals surface area contributed by atoms with E-state index in [1.54, 1.807) is 17.6 Å².